The van der Waals surface area contributed by atoms with Crippen molar-refractivity contribution in [2.45, 2.75) is 31.7 Å². The zero-order valence-corrected chi connectivity index (χ0v) is 15.8. The minimum atomic E-state index is -4.16. The van der Waals surface area contributed by atoms with E-state index in [0.29, 0.717) is 38.6 Å². The fourth-order valence-corrected chi connectivity index (χ4v) is 3.34. The molecular formula is C19H25F3N6. The quantitative estimate of drug-likeness (QED) is 0.583. The Morgan fingerprint density at radius 3 is 2.82 bits per heavy atom. The van der Waals surface area contributed by atoms with Crippen LogP contribution in [0.4, 0.5) is 13.2 Å². The molecule has 28 heavy (non-hydrogen) atoms. The van der Waals surface area contributed by atoms with Crippen molar-refractivity contribution < 1.29 is 13.2 Å². The highest BCUT2D eigenvalue weighted by Gasteiger charge is 2.34. The van der Waals surface area contributed by atoms with Gasteiger partial charge < -0.3 is 10.6 Å². The summed E-state index contributed by atoms with van der Waals surface area (Å²) in [6, 6.07) is 10.0. The van der Waals surface area contributed by atoms with Crippen LogP contribution in [0.3, 0.4) is 0 Å². The van der Waals surface area contributed by atoms with Gasteiger partial charge >= 0.3 is 6.18 Å². The molecule has 0 bridgehead atoms. The summed E-state index contributed by atoms with van der Waals surface area (Å²) < 4.78 is 39.4. The zero-order valence-electron chi connectivity index (χ0n) is 15.8. The predicted molar refractivity (Wildman–Crippen MR) is 102 cm³/mol. The second-order valence-electron chi connectivity index (χ2n) is 6.93. The minimum Gasteiger partial charge on any atom is -0.352 e. The number of aromatic nitrogens is 2. The summed E-state index contributed by atoms with van der Waals surface area (Å²) in [5.41, 5.74) is 2.24. The van der Waals surface area contributed by atoms with Crippen molar-refractivity contribution in [1.82, 2.24) is 25.3 Å². The molecule has 3 rings (SSSR count). The van der Waals surface area contributed by atoms with E-state index in [1.807, 2.05) is 35.1 Å². The van der Waals surface area contributed by atoms with Gasteiger partial charge in [0.2, 0.25) is 0 Å². The number of benzene rings is 1. The lowest BCUT2D eigenvalue weighted by Crippen LogP contribution is -2.44. The monoisotopic (exact) mass is 394 g/mol. The van der Waals surface area contributed by atoms with E-state index in [1.54, 1.807) is 13.2 Å². The molecule has 1 unspecified atom stereocenters. The van der Waals surface area contributed by atoms with Gasteiger partial charge in [-0.05, 0) is 23.6 Å². The molecule has 0 radical (unpaired) electrons. The number of hydrogen-bond donors (Lipinski definition) is 2. The van der Waals surface area contributed by atoms with Gasteiger partial charge in [-0.3, -0.25) is 14.6 Å². The Hall–Kier alpha value is -2.55. The number of alkyl halides is 3. The van der Waals surface area contributed by atoms with Gasteiger partial charge in [-0.25, -0.2) is 0 Å². The number of nitrogens with zero attached hydrogens (tertiary/aromatic N) is 4. The minimum absolute atomic E-state index is 0.0419. The summed E-state index contributed by atoms with van der Waals surface area (Å²) in [6.07, 6.45) is 0.173. The van der Waals surface area contributed by atoms with Gasteiger partial charge in [0.15, 0.2) is 5.96 Å². The normalized spacial score (nSPS) is 18.4. The predicted octanol–water partition coefficient (Wildman–Crippen LogP) is 2.23. The van der Waals surface area contributed by atoms with Crippen LogP contribution in [0.15, 0.2) is 47.7 Å². The molecule has 9 heteroatoms. The van der Waals surface area contributed by atoms with Crippen LogP contribution in [0.1, 0.15) is 17.5 Å². The Kier molecular flexibility index (Phi) is 6.56. The van der Waals surface area contributed by atoms with Crippen molar-refractivity contribution in [3.05, 3.63) is 53.9 Å². The van der Waals surface area contributed by atoms with Gasteiger partial charge in [-0.2, -0.15) is 18.3 Å². The third-order valence-corrected chi connectivity index (χ3v) is 4.59. The lowest BCUT2D eigenvalue weighted by molar-refractivity contribution is -0.143. The maximum absolute atomic E-state index is 12.5. The number of aliphatic imine (C=N–C) groups is 1. The van der Waals surface area contributed by atoms with Gasteiger partial charge in [0.1, 0.15) is 0 Å². The molecule has 0 saturated carbocycles. The smallest absolute Gasteiger partial charge is 0.352 e. The Bertz CT molecular complexity index is 772. The summed E-state index contributed by atoms with van der Waals surface area (Å²) in [5.74, 6) is 0.594. The number of halogens is 3. The van der Waals surface area contributed by atoms with E-state index in [1.165, 1.54) is 4.90 Å². The van der Waals surface area contributed by atoms with Gasteiger partial charge in [0.25, 0.3) is 0 Å². The average molecular weight is 394 g/mol. The van der Waals surface area contributed by atoms with Crippen LogP contribution in [-0.4, -0.2) is 59.5 Å². The Labute approximate surface area is 162 Å². The third-order valence-electron chi connectivity index (χ3n) is 4.59. The summed E-state index contributed by atoms with van der Waals surface area (Å²) in [6.45, 7) is 1.21. The van der Waals surface area contributed by atoms with Crippen LogP contribution in [0.5, 0.6) is 0 Å². The maximum Gasteiger partial charge on any atom is 0.401 e. The third kappa shape index (κ3) is 6.26. The first-order valence-electron chi connectivity index (χ1n) is 9.23. The van der Waals surface area contributed by atoms with Crippen molar-refractivity contribution in [2.24, 2.45) is 4.99 Å². The highest BCUT2D eigenvalue weighted by molar-refractivity contribution is 5.80. The molecule has 6 nitrogen and oxygen atoms in total. The fraction of sp³-hybridized carbons (Fsp3) is 0.474. The van der Waals surface area contributed by atoms with E-state index in [2.05, 4.69) is 26.8 Å². The fourth-order valence-electron chi connectivity index (χ4n) is 3.34. The number of nitrogens with one attached hydrogen (secondary N) is 2. The highest BCUT2D eigenvalue weighted by atomic mass is 19.4. The molecule has 2 heterocycles. The first-order valence-corrected chi connectivity index (χ1v) is 9.23. The molecule has 0 spiro atoms. The van der Waals surface area contributed by atoms with Gasteiger partial charge in [0.05, 0.1) is 13.1 Å². The summed E-state index contributed by atoms with van der Waals surface area (Å²) in [7, 11) is 1.66. The topological polar surface area (TPSA) is 57.5 Å². The molecule has 1 aromatic carbocycles. The molecule has 1 fully saturated rings. The zero-order chi connectivity index (χ0) is 20.0. The van der Waals surface area contributed by atoms with E-state index >= 15 is 0 Å². The number of hydrogen-bond acceptors (Lipinski definition) is 3. The molecule has 1 saturated heterocycles. The van der Waals surface area contributed by atoms with E-state index < -0.39 is 12.7 Å². The van der Waals surface area contributed by atoms with Crippen molar-refractivity contribution >= 4 is 5.96 Å². The van der Waals surface area contributed by atoms with Crippen molar-refractivity contribution in [3.63, 3.8) is 0 Å². The first kappa shape index (κ1) is 20.2. The van der Waals surface area contributed by atoms with Gasteiger partial charge in [-0.1, -0.05) is 24.3 Å². The highest BCUT2D eigenvalue weighted by Crippen LogP contribution is 2.19. The molecular weight excluding hydrogens is 369 g/mol. The van der Waals surface area contributed by atoms with Crippen LogP contribution in [0, 0.1) is 0 Å². The Morgan fingerprint density at radius 2 is 2.11 bits per heavy atom. The van der Waals surface area contributed by atoms with Crippen molar-refractivity contribution in [3.8, 4) is 0 Å². The molecule has 1 atom stereocenters. The number of guanidine groups is 1. The summed E-state index contributed by atoms with van der Waals surface area (Å²) >= 11 is 0. The maximum atomic E-state index is 12.5. The summed E-state index contributed by atoms with van der Waals surface area (Å²) in [4.78, 5) is 5.61. The Balaban J connectivity index is 1.48. The second kappa shape index (κ2) is 9.09. The number of likely N-dealkylation sites (tertiary alicyclic amines) is 1. The van der Waals surface area contributed by atoms with Crippen LogP contribution >= 0.6 is 0 Å². The largest absolute Gasteiger partial charge is 0.401 e. The molecule has 1 aliphatic heterocycles. The standard InChI is InChI=1S/C19H25F3N6/c1-23-18(26-17-6-9-27(13-17)14-19(20,21)22)24-11-15-4-2-5-16(10-15)12-28-8-3-7-25-28/h2-5,7-8,10,17H,6,9,11-14H2,1H3,(H2,23,24,26). The molecule has 1 aliphatic rings. The lowest BCUT2D eigenvalue weighted by Gasteiger charge is -2.20. The van der Waals surface area contributed by atoms with Crippen LogP contribution in [0.2, 0.25) is 0 Å². The molecule has 1 aromatic heterocycles. The second-order valence-corrected chi connectivity index (χ2v) is 6.93. The van der Waals surface area contributed by atoms with Crippen LogP contribution in [-0.2, 0) is 13.1 Å². The van der Waals surface area contributed by atoms with Crippen molar-refractivity contribution in [1.29, 1.82) is 0 Å². The Morgan fingerprint density at radius 1 is 1.29 bits per heavy atom. The first-order chi connectivity index (χ1) is 13.4. The SMILES string of the molecule is CN=C(NCc1cccc(Cn2cccn2)c1)NC1CCN(CC(F)(F)F)C1. The lowest BCUT2D eigenvalue weighted by atomic mass is 10.1. The molecule has 152 valence electrons. The molecule has 2 N–H and O–H groups in total. The van der Waals surface area contributed by atoms with Crippen LogP contribution in [0.25, 0.3) is 0 Å². The molecule has 0 amide bonds. The van der Waals surface area contributed by atoms with Gasteiger partial charge in [0, 0.05) is 45.1 Å². The van der Waals surface area contributed by atoms with E-state index in [-0.39, 0.29) is 6.04 Å². The van der Waals surface area contributed by atoms with E-state index in [0.717, 1.165) is 11.1 Å². The average Bonchev–Trinajstić information content (AvgIpc) is 3.29. The summed E-state index contributed by atoms with van der Waals surface area (Å²) in [5, 5.41) is 10.7. The molecule has 0 aliphatic carbocycles. The van der Waals surface area contributed by atoms with Crippen molar-refractivity contribution in [2.75, 3.05) is 26.7 Å². The molecule has 2 aromatic rings. The van der Waals surface area contributed by atoms with Crippen LogP contribution < -0.4 is 10.6 Å². The van der Waals surface area contributed by atoms with E-state index in [4.69, 9.17) is 0 Å². The number of rotatable bonds is 6. The van der Waals surface area contributed by atoms with E-state index in [9.17, 15) is 13.2 Å². The van der Waals surface area contributed by atoms with Gasteiger partial charge in [-0.15, -0.1) is 0 Å².